The van der Waals surface area contributed by atoms with E-state index in [-0.39, 0.29) is 10.6 Å². The Balaban J connectivity index is 2.46. The average molecular weight is 318 g/mol. The highest BCUT2D eigenvalue weighted by Crippen LogP contribution is 2.27. The predicted molar refractivity (Wildman–Crippen MR) is 71.8 cm³/mol. The number of nitrogens with two attached hydrogens (primary N) is 1. The zero-order chi connectivity index (χ0) is 15.7. The van der Waals surface area contributed by atoms with Crippen molar-refractivity contribution in [3.05, 3.63) is 58.9 Å². The third kappa shape index (κ3) is 2.94. The third-order valence-corrected chi connectivity index (χ3v) is 2.83. The molecule has 0 heterocycles. The molecule has 0 aliphatic heterocycles. The molecule has 0 saturated heterocycles. The van der Waals surface area contributed by atoms with E-state index >= 15 is 0 Å². The van der Waals surface area contributed by atoms with Gasteiger partial charge in [-0.15, -0.1) is 0 Å². The lowest BCUT2D eigenvalue weighted by Crippen LogP contribution is -2.13. The minimum atomic E-state index is -1.46. The maximum atomic E-state index is 13.8. The molecule has 0 fully saturated rings. The van der Waals surface area contributed by atoms with Gasteiger partial charge in [0.1, 0.15) is 10.8 Å². The summed E-state index contributed by atoms with van der Waals surface area (Å²) in [5.74, 6) is -6.70. The summed E-state index contributed by atoms with van der Waals surface area (Å²) in [5, 5.41) is 2.08. The quantitative estimate of drug-likeness (QED) is 0.514. The molecule has 0 amide bonds. The van der Waals surface area contributed by atoms with E-state index in [1.54, 1.807) is 0 Å². The molecular weight excluding hydrogens is 311 g/mol. The van der Waals surface area contributed by atoms with Gasteiger partial charge in [-0.3, -0.25) is 0 Å². The van der Waals surface area contributed by atoms with Crippen LogP contribution in [-0.4, -0.2) is 4.99 Å². The van der Waals surface area contributed by atoms with Crippen molar-refractivity contribution in [2.24, 2.45) is 5.73 Å². The summed E-state index contributed by atoms with van der Waals surface area (Å²) in [7, 11) is 0. The Morgan fingerprint density at radius 2 is 1.57 bits per heavy atom. The molecule has 0 unspecified atom stereocenters. The van der Waals surface area contributed by atoms with Crippen LogP contribution in [0.2, 0.25) is 0 Å². The molecule has 0 spiro atoms. The molecule has 21 heavy (non-hydrogen) atoms. The number of rotatable bonds is 3. The second-order valence-corrected chi connectivity index (χ2v) is 4.47. The monoisotopic (exact) mass is 318 g/mol. The highest BCUT2D eigenvalue weighted by Gasteiger charge is 2.17. The van der Waals surface area contributed by atoms with Gasteiger partial charge in [0.05, 0.1) is 11.4 Å². The van der Waals surface area contributed by atoms with E-state index in [1.165, 1.54) is 0 Å². The van der Waals surface area contributed by atoms with Crippen LogP contribution >= 0.6 is 12.2 Å². The standard InChI is InChI=1S/C13H7F5N2S/c14-5-3-7(15)11(17)9(4-5)20-8-2-1-6(13(19)21)10(16)12(8)18/h1-4,20H,(H2,19,21). The lowest BCUT2D eigenvalue weighted by atomic mass is 10.1. The van der Waals surface area contributed by atoms with Crippen molar-refractivity contribution in [2.75, 3.05) is 5.32 Å². The highest BCUT2D eigenvalue weighted by molar-refractivity contribution is 7.80. The van der Waals surface area contributed by atoms with Gasteiger partial charge >= 0.3 is 0 Å². The van der Waals surface area contributed by atoms with Gasteiger partial charge in [-0.25, -0.2) is 22.0 Å². The van der Waals surface area contributed by atoms with E-state index in [2.05, 4.69) is 17.5 Å². The number of benzene rings is 2. The number of nitrogens with one attached hydrogen (secondary N) is 1. The van der Waals surface area contributed by atoms with E-state index in [1.807, 2.05) is 0 Å². The van der Waals surface area contributed by atoms with Crippen molar-refractivity contribution in [2.45, 2.75) is 0 Å². The Labute approximate surface area is 121 Å². The number of hydrogen-bond acceptors (Lipinski definition) is 2. The first-order valence-electron chi connectivity index (χ1n) is 5.50. The summed E-state index contributed by atoms with van der Waals surface area (Å²) in [4.78, 5) is -0.360. The van der Waals surface area contributed by atoms with E-state index in [9.17, 15) is 22.0 Å². The Morgan fingerprint density at radius 3 is 2.19 bits per heavy atom. The number of hydrogen-bond donors (Lipinski definition) is 2. The molecule has 2 aromatic rings. The summed E-state index contributed by atoms with van der Waals surface area (Å²) in [6, 6.07) is 3.02. The fourth-order valence-electron chi connectivity index (χ4n) is 1.63. The molecule has 0 bridgehead atoms. The molecule has 2 aromatic carbocycles. The molecule has 2 nitrogen and oxygen atoms in total. The summed E-state index contributed by atoms with van der Waals surface area (Å²) in [6.45, 7) is 0. The SMILES string of the molecule is NC(=S)c1ccc(Nc2cc(F)cc(F)c2F)c(F)c1F. The van der Waals surface area contributed by atoms with E-state index in [4.69, 9.17) is 5.73 Å². The first-order valence-corrected chi connectivity index (χ1v) is 5.91. The Bertz CT molecular complexity index is 733. The molecule has 2 rings (SSSR count). The van der Waals surface area contributed by atoms with Crippen molar-refractivity contribution in [1.29, 1.82) is 0 Å². The molecule has 0 saturated carbocycles. The first kappa shape index (κ1) is 15.2. The second-order valence-electron chi connectivity index (χ2n) is 4.03. The van der Waals surface area contributed by atoms with Gasteiger partial charge < -0.3 is 11.1 Å². The molecule has 0 aromatic heterocycles. The Kier molecular flexibility index (Phi) is 4.08. The fourth-order valence-corrected chi connectivity index (χ4v) is 1.79. The minimum Gasteiger partial charge on any atom is -0.389 e. The molecule has 3 N–H and O–H groups in total. The van der Waals surface area contributed by atoms with Crippen LogP contribution in [0.1, 0.15) is 5.56 Å². The van der Waals surface area contributed by atoms with Crippen LogP contribution < -0.4 is 11.1 Å². The Morgan fingerprint density at radius 1 is 0.905 bits per heavy atom. The Hall–Kier alpha value is -2.22. The van der Waals surface area contributed by atoms with Crippen LogP contribution in [0.5, 0.6) is 0 Å². The van der Waals surface area contributed by atoms with Crippen LogP contribution in [-0.2, 0) is 0 Å². The summed E-state index contributed by atoms with van der Waals surface area (Å²) >= 11 is 4.53. The zero-order valence-electron chi connectivity index (χ0n) is 10.2. The number of thiocarbonyl (C=S) groups is 1. The summed E-state index contributed by atoms with van der Waals surface area (Å²) in [6.07, 6.45) is 0. The van der Waals surface area contributed by atoms with Gasteiger partial charge in [0, 0.05) is 17.7 Å². The molecular formula is C13H7F5N2S. The van der Waals surface area contributed by atoms with Crippen molar-refractivity contribution in [3.63, 3.8) is 0 Å². The molecule has 0 aliphatic rings. The smallest absolute Gasteiger partial charge is 0.182 e. The lowest BCUT2D eigenvalue weighted by Gasteiger charge is -2.11. The second kappa shape index (κ2) is 5.65. The lowest BCUT2D eigenvalue weighted by molar-refractivity contribution is 0.497. The first-order chi connectivity index (χ1) is 9.81. The topological polar surface area (TPSA) is 38.0 Å². The zero-order valence-corrected chi connectivity index (χ0v) is 11.0. The average Bonchev–Trinajstić information content (AvgIpc) is 2.40. The van der Waals surface area contributed by atoms with Gasteiger partial charge in [-0.2, -0.15) is 0 Å². The summed E-state index contributed by atoms with van der Waals surface area (Å²) < 4.78 is 66.9. The van der Waals surface area contributed by atoms with E-state index in [0.29, 0.717) is 12.1 Å². The molecule has 110 valence electrons. The maximum absolute atomic E-state index is 13.8. The summed E-state index contributed by atoms with van der Waals surface area (Å²) in [5.41, 5.74) is 3.67. The van der Waals surface area contributed by atoms with Crippen LogP contribution in [0.4, 0.5) is 33.3 Å². The maximum Gasteiger partial charge on any atom is 0.182 e. The van der Waals surface area contributed by atoms with Gasteiger partial charge in [-0.05, 0) is 12.1 Å². The molecule has 0 atom stereocenters. The van der Waals surface area contributed by atoms with E-state index in [0.717, 1.165) is 12.1 Å². The van der Waals surface area contributed by atoms with Crippen molar-refractivity contribution < 1.29 is 22.0 Å². The van der Waals surface area contributed by atoms with Gasteiger partial charge in [0.15, 0.2) is 23.3 Å². The van der Waals surface area contributed by atoms with Gasteiger partial charge in [-0.1, -0.05) is 12.2 Å². The minimum absolute atomic E-state index is 0.327. The van der Waals surface area contributed by atoms with Crippen molar-refractivity contribution in [3.8, 4) is 0 Å². The van der Waals surface area contributed by atoms with Gasteiger partial charge in [0.25, 0.3) is 0 Å². The predicted octanol–water partition coefficient (Wildman–Crippen LogP) is 3.76. The van der Waals surface area contributed by atoms with Crippen LogP contribution in [0, 0.1) is 29.1 Å². The fraction of sp³-hybridized carbons (Fsp3) is 0. The molecule has 8 heteroatoms. The van der Waals surface area contributed by atoms with Crippen LogP contribution in [0.3, 0.4) is 0 Å². The number of anilines is 2. The molecule has 0 aliphatic carbocycles. The number of halogens is 5. The van der Waals surface area contributed by atoms with Gasteiger partial charge in [0.2, 0.25) is 0 Å². The van der Waals surface area contributed by atoms with Crippen molar-refractivity contribution >= 4 is 28.6 Å². The normalized spacial score (nSPS) is 10.5. The third-order valence-electron chi connectivity index (χ3n) is 2.61. The van der Waals surface area contributed by atoms with E-state index < -0.39 is 40.5 Å². The largest absolute Gasteiger partial charge is 0.389 e. The molecule has 0 radical (unpaired) electrons. The van der Waals surface area contributed by atoms with Crippen LogP contribution in [0.15, 0.2) is 24.3 Å². The van der Waals surface area contributed by atoms with Crippen molar-refractivity contribution in [1.82, 2.24) is 0 Å². The van der Waals surface area contributed by atoms with Crippen LogP contribution in [0.25, 0.3) is 0 Å². The highest BCUT2D eigenvalue weighted by atomic mass is 32.1.